The Morgan fingerprint density at radius 1 is 1.41 bits per heavy atom. The molecule has 2 aromatic heterocycles. The highest BCUT2D eigenvalue weighted by Gasteiger charge is 2.27. The minimum atomic E-state index is -0.133. The Morgan fingerprint density at radius 2 is 2.29 bits per heavy atom. The van der Waals surface area contributed by atoms with Gasteiger partial charge in [0.15, 0.2) is 11.5 Å². The van der Waals surface area contributed by atoms with Crippen LogP contribution < -0.4 is 5.73 Å². The predicted molar refractivity (Wildman–Crippen MR) is 60.0 cm³/mol. The molecule has 0 aliphatic carbocycles. The van der Waals surface area contributed by atoms with Crippen LogP contribution in [0.3, 0.4) is 0 Å². The molecule has 7 nitrogen and oxygen atoms in total. The third kappa shape index (κ3) is 1.63. The first kappa shape index (κ1) is 10.4. The zero-order chi connectivity index (χ0) is 11.8. The number of aromatic nitrogens is 4. The number of hydrogen-bond acceptors (Lipinski definition) is 6. The number of hydrogen-bond donors (Lipinski definition) is 2. The fourth-order valence-electron chi connectivity index (χ4n) is 2.11. The summed E-state index contributed by atoms with van der Waals surface area (Å²) in [6, 6.07) is 0. The Hall–Kier alpha value is -1.73. The van der Waals surface area contributed by atoms with E-state index in [0.29, 0.717) is 17.0 Å². The molecule has 3 rings (SSSR count). The second kappa shape index (κ2) is 3.94. The number of imidazole rings is 1. The highest BCUT2D eigenvalue weighted by Crippen LogP contribution is 2.30. The molecule has 17 heavy (non-hydrogen) atoms. The van der Waals surface area contributed by atoms with Crippen LogP contribution in [0.1, 0.15) is 19.1 Å². The van der Waals surface area contributed by atoms with Gasteiger partial charge in [0.05, 0.1) is 19.0 Å². The molecule has 3 N–H and O–H groups in total. The van der Waals surface area contributed by atoms with Gasteiger partial charge in [0.2, 0.25) is 0 Å². The number of aliphatic hydroxyl groups excluding tert-OH is 1. The van der Waals surface area contributed by atoms with E-state index in [2.05, 4.69) is 15.0 Å². The van der Waals surface area contributed by atoms with Crippen molar-refractivity contribution >= 4 is 17.0 Å². The molecular weight excluding hydrogens is 222 g/mol. The summed E-state index contributed by atoms with van der Waals surface area (Å²) in [5.74, 6) is 0.366. The highest BCUT2D eigenvalue weighted by molar-refractivity contribution is 5.81. The van der Waals surface area contributed by atoms with Crippen molar-refractivity contribution in [2.45, 2.75) is 25.2 Å². The predicted octanol–water partition coefficient (Wildman–Crippen LogP) is 0.0784. The van der Waals surface area contributed by atoms with Crippen LogP contribution in [0.2, 0.25) is 0 Å². The second-order valence-electron chi connectivity index (χ2n) is 4.06. The van der Waals surface area contributed by atoms with Crippen molar-refractivity contribution in [2.75, 3.05) is 12.3 Å². The minimum absolute atomic E-state index is 0.0419. The van der Waals surface area contributed by atoms with Gasteiger partial charge in [-0.25, -0.2) is 15.0 Å². The molecule has 1 saturated heterocycles. The molecule has 0 aromatic carbocycles. The topological polar surface area (TPSA) is 99.1 Å². The number of nitrogen functional groups attached to an aromatic ring is 1. The zero-order valence-corrected chi connectivity index (χ0v) is 9.15. The lowest BCUT2D eigenvalue weighted by Gasteiger charge is -2.13. The number of aliphatic hydroxyl groups is 1. The average Bonchev–Trinajstić information content (AvgIpc) is 2.94. The van der Waals surface area contributed by atoms with Gasteiger partial charge in [-0.2, -0.15) is 0 Å². The molecular formula is C10H13N5O2. The van der Waals surface area contributed by atoms with Crippen molar-refractivity contribution in [2.24, 2.45) is 0 Å². The van der Waals surface area contributed by atoms with E-state index in [4.69, 9.17) is 15.6 Å². The average molecular weight is 235 g/mol. The van der Waals surface area contributed by atoms with E-state index in [9.17, 15) is 0 Å². The Balaban J connectivity index is 1.99. The molecule has 1 fully saturated rings. The Morgan fingerprint density at radius 3 is 3.06 bits per heavy atom. The summed E-state index contributed by atoms with van der Waals surface area (Å²) in [5, 5.41) is 9.04. The van der Waals surface area contributed by atoms with Crippen LogP contribution in [0, 0.1) is 0 Å². The summed E-state index contributed by atoms with van der Waals surface area (Å²) in [4.78, 5) is 12.2. The van der Waals surface area contributed by atoms with E-state index in [0.717, 1.165) is 12.8 Å². The summed E-state index contributed by atoms with van der Waals surface area (Å²) in [5.41, 5.74) is 6.97. The van der Waals surface area contributed by atoms with Crippen molar-refractivity contribution in [1.82, 2.24) is 19.5 Å². The molecule has 0 amide bonds. The van der Waals surface area contributed by atoms with Gasteiger partial charge in [-0.05, 0) is 12.8 Å². The number of nitrogens with zero attached hydrogens (tertiary/aromatic N) is 4. The molecule has 0 saturated carbocycles. The van der Waals surface area contributed by atoms with Crippen LogP contribution in [-0.4, -0.2) is 37.3 Å². The molecule has 0 spiro atoms. The third-order valence-electron chi connectivity index (χ3n) is 2.99. The lowest BCUT2D eigenvalue weighted by molar-refractivity contribution is -0.0207. The van der Waals surface area contributed by atoms with E-state index in [1.807, 2.05) is 4.57 Å². The maximum Gasteiger partial charge on any atom is 0.167 e. The Bertz CT molecular complexity index is 540. The Labute approximate surface area is 97.3 Å². The molecule has 2 aromatic rings. The van der Waals surface area contributed by atoms with Gasteiger partial charge >= 0.3 is 0 Å². The second-order valence-corrected chi connectivity index (χ2v) is 4.06. The first-order valence-corrected chi connectivity index (χ1v) is 5.49. The maximum atomic E-state index is 9.04. The lowest BCUT2D eigenvalue weighted by Crippen LogP contribution is -2.14. The molecule has 90 valence electrons. The summed E-state index contributed by atoms with van der Waals surface area (Å²) in [6.45, 7) is 0.0419. The van der Waals surface area contributed by atoms with Gasteiger partial charge in [0.25, 0.3) is 0 Å². The third-order valence-corrected chi connectivity index (χ3v) is 2.99. The van der Waals surface area contributed by atoms with Crippen LogP contribution in [0.5, 0.6) is 0 Å². The highest BCUT2D eigenvalue weighted by atomic mass is 16.5. The molecule has 0 bridgehead atoms. The molecule has 0 unspecified atom stereocenters. The number of nitrogens with two attached hydrogens (primary N) is 1. The molecule has 2 atom stereocenters. The number of fused-ring (bicyclic) bond motifs is 1. The molecule has 3 heterocycles. The van der Waals surface area contributed by atoms with E-state index in [-0.39, 0.29) is 18.9 Å². The monoisotopic (exact) mass is 235 g/mol. The Kier molecular flexibility index (Phi) is 2.41. The number of anilines is 1. The maximum absolute atomic E-state index is 9.04. The fraction of sp³-hybridized carbons (Fsp3) is 0.500. The van der Waals surface area contributed by atoms with E-state index in [1.165, 1.54) is 6.33 Å². The van der Waals surface area contributed by atoms with Gasteiger partial charge in [-0.1, -0.05) is 0 Å². The molecule has 1 aliphatic rings. The number of rotatable bonds is 2. The number of ether oxygens (including phenoxy) is 1. The zero-order valence-electron chi connectivity index (χ0n) is 9.15. The van der Waals surface area contributed by atoms with Crippen molar-refractivity contribution in [3.05, 3.63) is 12.7 Å². The summed E-state index contributed by atoms with van der Waals surface area (Å²) >= 11 is 0. The van der Waals surface area contributed by atoms with E-state index in [1.54, 1.807) is 6.33 Å². The van der Waals surface area contributed by atoms with Gasteiger partial charge in [0, 0.05) is 0 Å². The van der Waals surface area contributed by atoms with Gasteiger partial charge in [0.1, 0.15) is 18.1 Å². The van der Waals surface area contributed by atoms with Gasteiger partial charge < -0.3 is 15.6 Å². The summed E-state index contributed by atoms with van der Waals surface area (Å²) in [6.07, 6.45) is 4.50. The van der Waals surface area contributed by atoms with Crippen LogP contribution >= 0.6 is 0 Å². The molecule has 0 radical (unpaired) electrons. The van der Waals surface area contributed by atoms with Gasteiger partial charge in [-0.3, -0.25) is 4.57 Å². The van der Waals surface area contributed by atoms with Crippen LogP contribution in [0.25, 0.3) is 11.2 Å². The normalized spacial score (nSPS) is 24.5. The first-order valence-electron chi connectivity index (χ1n) is 5.49. The molecule has 7 heteroatoms. The lowest BCUT2D eigenvalue weighted by atomic mass is 10.2. The van der Waals surface area contributed by atoms with Gasteiger partial charge in [-0.15, -0.1) is 0 Å². The largest absolute Gasteiger partial charge is 0.394 e. The standard InChI is InChI=1S/C10H13N5O2/c11-9-8-10(13-4-12-9)15(5-14-8)7-2-1-6(3-16)17-7/h4-7,16H,1-3H2,(H2,11,12,13)/t6-,7+/m1/s1. The van der Waals surface area contributed by atoms with Crippen molar-refractivity contribution in [3.63, 3.8) is 0 Å². The van der Waals surface area contributed by atoms with Crippen molar-refractivity contribution in [3.8, 4) is 0 Å². The quantitative estimate of drug-likeness (QED) is 0.764. The SMILES string of the molecule is Nc1ncnc2c1ncn2[C@@H]1CC[C@H](CO)O1. The van der Waals surface area contributed by atoms with Crippen LogP contribution in [0.4, 0.5) is 5.82 Å². The van der Waals surface area contributed by atoms with Crippen molar-refractivity contribution in [1.29, 1.82) is 0 Å². The van der Waals surface area contributed by atoms with E-state index < -0.39 is 0 Å². The minimum Gasteiger partial charge on any atom is -0.394 e. The molecule has 1 aliphatic heterocycles. The van der Waals surface area contributed by atoms with E-state index >= 15 is 0 Å². The van der Waals surface area contributed by atoms with Crippen molar-refractivity contribution < 1.29 is 9.84 Å². The smallest absolute Gasteiger partial charge is 0.167 e. The van der Waals surface area contributed by atoms with Crippen LogP contribution in [0.15, 0.2) is 12.7 Å². The van der Waals surface area contributed by atoms with Crippen LogP contribution in [-0.2, 0) is 4.74 Å². The summed E-state index contributed by atoms with van der Waals surface area (Å²) < 4.78 is 7.51. The fourth-order valence-corrected chi connectivity index (χ4v) is 2.11. The summed E-state index contributed by atoms with van der Waals surface area (Å²) in [7, 11) is 0. The first-order chi connectivity index (χ1) is 8.29.